The average Bonchev–Trinajstić information content (AvgIpc) is 2.94. The van der Waals surface area contributed by atoms with E-state index in [4.69, 9.17) is 15.2 Å². The first-order chi connectivity index (χ1) is 11.5. The molecule has 1 fully saturated rings. The minimum Gasteiger partial charge on any atom is -0.465 e. The van der Waals surface area contributed by atoms with E-state index in [1.807, 2.05) is 24.3 Å². The number of hydrogen-bond donors (Lipinski definition) is 2. The number of nitrogens with two attached hydrogens (primary N) is 1. The molecule has 0 radical (unpaired) electrons. The van der Waals surface area contributed by atoms with E-state index < -0.39 is 18.1 Å². The first-order valence-electron chi connectivity index (χ1n) is 7.69. The minimum atomic E-state index is -0.842. The molecule has 0 spiro atoms. The van der Waals surface area contributed by atoms with Crippen LogP contribution in [0.2, 0.25) is 0 Å². The van der Waals surface area contributed by atoms with E-state index in [-0.39, 0.29) is 25.7 Å². The number of carbonyl (C=O) groups excluding carboxylic acids is 3. The monoisotopic (exact) mass is 335 g/mol. The number of amides is 2. The van der Waals surface area contributed by atoms with Crippen molar-refractivity contribution in [2.75, 3.05) is 19.8 Å². The lowest BCUT2D eigenvalue weighted by molar-refractivity contribution is -0.144. The van der Waals surface area contributed by atoms with Crippen molar-refractivity contribution in [2.45, 2.75) is 26.1 Å². The summed E-state index contributed by atoms with van der Waals surface area (Å²) in [6.45, 7) is 2.24. The van der Waals surface area contributed by atoms with Gasteiger partial charge in [0, 0.05) is 13.1 Å². The molecular formula is C16H21N3O5. The fraction of sp³-hybridized carbons (Fsp3) is 0.438. The van der Waals surface area contributed by atoms with Gasteiger partial charge >= 0.3 is 12.1 Å². The van der Waals surface area contributed by atoms with Crippen molar-refractivity contribution in [3.63, 3.8) is 0 Å². The summed E-state index contributed by atoms with van der Waals surface area (Å²) in [5.74, 6) is -0.959. The van der Waals surface area contributed by atoms with Gasteiger partial charge in [0.15, 0.2) is 0 Å². The van der Waals surface area contributed by atoms with Gasteiger partial charge in [-0.2, -0.15) is 0 Å². The molecule has 0 saturated carbocycles. The molecule has 8 nitrogen and oxygen atoms in total. The Balaban J connectivity index is 1.91. The molecule has 1 saturated heterocycles. The van der Waals surface area contributed by atoms with E-state index in [2.05, 4.69) is 5.32 Å². The number of ether oxygens (including phenoxy) is 2. The summed E-state index contributed by atoms with van der Waals surface area (Å²) in [6, 6.07) is 6.67. The Labute approximate surface area is 139 Å². The number of esters is 1. The number of nitrogens with zero attached hydrogens (tertiary/aromatic N) is 1. The van der Waals surface area contributed by atoms with Gasteiger partial charge in [-0.15, -0.1) is 0 Å². The summed E-state index contributed by atoms with van der Waals surface area (Å²) in [5.41, 5.74) is 7.44. The molecule has 2 rings (SSSR count). The highest BCUT2D eigenvalue weighted by atomic mass is 16.6. The maximum absolute atomic E-state index is 12.3. The zero-order valence-corrected chi connectivity index (χ0v) is 13.5. The Morgan fingerprint density at radius 1 is 1.33 bits per heavy atom. The summed E-state index contributed by atoms with van der Waals surface area (Å²) in [6.07, 6.45) is -0.699. The predicted molar refractivity (Wildman–Crippen MR) is 84.7 cm³/mol. The van der Waals surface area contributed by atoms with Gasteiger partial charge in [0.05, 0.1) is 6.61 Å². The number of cyclic esters (lactones) is 1. The number of hydrogen-bond acceptors (Lipinski definition) is 6. The lowest BCUT2D eigenvalue weighted by Crippen LogP contribution is -2.47. The standard InChI is InChI=1S/C16H21N3O5/c1-2-23-14(20)9-19-13(10-24-16(19)22)15(21)18-8-12-5-3-11(7-17)4-6-12/h3-6,13H,2,7-10,17H2,1H3,(H,18,21)/t13-/m0/s1. The molecule has 130 valence electrons. The Morgan fingerprint density at radius 3 is 2.62 bits per heavy atom. The van der Waals surface area contributed by atoms with Gasteiger partial charge in [0.1, 0.15) is 19.2 Å². The largest absolute Gasteiger partial charge is 0.465 e. The number of nitrogens with one attached hydrogen (secondary N) is 1. The van der Waals surface area contributed by atoms with Crippen LogP contribution in [0.25, 0.3) is 0 Å². The van der Waals surface area contributed by atoms with Gasteiger partial charge < -0.3 is 20.5 Å². The van der Waals surface area contributed by atoms with E-state index in [9.17, 15) is 14.4 Å². The number of benzene rings is 1. The minimum absolute atomic E-state index is 0.0871. The van der Waals surface area contributed by atoms with Crippen molar-refractivity contribution in [3.05, 3.63) is 35.4 Å². The van der Waals surface area contributed by atoms with E-state index >= 15 is 0 Å². The number of carbonyl (C=O) groups is 3. The molecule has 2 amide bonds. The molecule has 1 aromatic rings. The predicted octanol–water partition coefficient (Wildman–Crippen LogP) is 0.145. The fourth-order valence-electron chi connectivity index (χ4n) is 2.29. The summed E-state index contributed by atoms with van der Waals surface area (Å²) in [7, 11) is 0. The van der Waals surface area contributed by atoms with E-state index in [1.165, 1.54) is 0 Å². The highest BCUT2D eigenvalue weighted by Crippen LogP contribution is 2.13. The van der Waals surface area contributed by atoms with Gasteiger partial charge in [-0.1, -0.05) is 24.3 Å². The van der Waals surface area contributed by atoms with Gasteiger partial charge in [-0.25, -0.2) is 4.79 Å². The van der Waals surface area contributed by atoms with E-state index in [0.717, 1.165) is 16.0 Å². The van der Waals surface area contributed by atoms with Crippen LogP contribution in [0.1, 0.15) is 18.1 Å². The van der Waals surface area contributed by atoms with Crippen LogP contribution in [0.5, 0.6) is 0 Å². The van der Waals surface area contributed by atoms with Crippen LogP contribution in [0.4, 0.5) is 4.79 Å². The Kier molecular flexibility index (Phi) is 6.14. The van der Waals surface area contributed by atoms with Crippen LogP contribution >= 0.6 is 0 Å². The van der Waals surface area contributed by atoms with Crippen LogP contribution in [0.3, 0.4) is 0 Å². The van der Waals surface area contributed by atoms with Crippen LogP contribution in [-0.2, 0) is 32.2 Å². The van der Waals surface area contributed by atoms with Gasteiger partial charge in [0.2, 0.25) is 5.91 Å². The molecule has 1 aliphatic heterocycles. The zero-order valence-electron chi connectivity index (χ0n) is 13.5. The van der Waals surface area contributed by atoms with Crippen molar-refractivity contribution in [1.29, 1.82) is 0 Å². The first kappa shape index (κ1) is 17.7. The fourth-order valence-corrected chi connectivity index (χ4v) is 2.29. The summed E-state index contributed by atoms with van der Waals surface area (Å²) >= 11 is 0. The lowest BCUT2D eigenvalue weighted by atomic mass is 10.1. The van der Waals surface area contributed by atoms with Gasteiger partial charge in [0.25, 0.3) is 0 Å². The average molecular weight is 335 g/mol. The molecule has 1 aromatic carbocycles. The quantitative estimate of drug-likeness (QED) is 0.686. The molecule has 1 aliphatic rings. The summed E-state index contributed by atoms with van der Waals surface area (Å²) < 4.78 is 9.67. The third-order valence-electron chi connectivity index (χ3n) is 3.61. The van der Waals surface area contributed by atoms with Crippen molar-refractivity contribution >= 4 is 18.0 Å². The maximum Gasteiger partial charge on any atom is 0.411 e. The highest BCUT2D eigenvalue weighted by Gasteiger charge is 2.39. The maximum atomic E-state index is 12.3. The Morgan fingerprint density at radius 2 is 2.00 bits per heavy atom. The zero-order chi connectivity index (χ0) is 17.5. The second-order valence-corrected chi connectivity index (χ2v) is 5.26. The Hall–Kier alpha value is -2.61. The van der Waals surface area contributed by atoms with Crippen molar-refractivity contribution in [2.24, 2.45) is 5.73 Å². The SMILES string of the molecule is CCOC(=O)CN1C(=O)OC[C@H]1C(=O)NCc1ccc(CN)cc1. The molecule has 8 heteroatoms. The van der Waals surface area contributed by atoms with E-state index in [0.29, 0.717) is 13.1 Å². The molecule has 3 N–H and O–H groups in total. The van der Waals surface area contributed by atoms with Gasteiger partial charge in [-0.05, 0) is 18.1 Å². The molecule has 1 heterocycles. The molecule has 0 aromatic heterocycles. The summed E-state index contributed by atoms with van der Waals surface area (Å²) in [4.78, 5) is 36.6. The molecule has 1 atom stereocenters. The third kappa shape index (κ3) is 4.45. The smallest absolute Gasteiger partial charge is 0.411 e. The molecule has 24 heavy (non-hydrogen) atoms. The first-order valence-corrected chi connectivity index (χ1v) is 7.69. The topological polar surface area (TPSA) is 111 Å². The van der Waals surface area contributed by atoms with Gasteiger partial charge in [-0.3, -0.25) is 14.5 Å². The number of rotatable bonds is 7. The van der Waals surface area contributed by atoms with Crippen molar-refractivity contribution in [1.82, 2.24) is 10.2 Å². The Bertz CT molecular complexity index is 602. The molecule has 0 unspecified atom stereocenters. The van der Waals surface area contributed by atoms with Crippen molar-refractivity contribution < 1.29 is 23.9 Å². The molecule has 0 aliphatic carbocycles. The van der Waals surface area contributed by atoms with E-state index in [1.54, 1.807) is 6.92 Å². The highest BCUT2D eigenvalue weighted by molar-refractivity contribution is 5.90. The second kappa shape index (κ2) is 8.30. The van der Waals surface area contributed by atoms with Crippen molar-refractivity contribution in [3.8, 4) is 0 Å². The second-order valence-electron chi connectivity index (χ2n) is 5.26. The normalized spacial score (nSPS) is 16.7. The van der Waals surface area contributed by atoms with Crippen LogP contribution in [-0.4, -0.2) is 48.7 Å². The third-order valence-corrected chi connectivity index (χ3v) is 3.61. The molecular weight excluding hydrogens is 314 g/mol. The molecule has 0 bridgehead atoms. The van der Waals surface area contributed by atoms with Crippen LogP contribution < -0.4 is 11.1 Å². The summed E-state index contributed by atoms with van der Waals surface area (Å²) in [5, 5.41) is 2.74. The van der Waals surface area contributed by atoms with Crippen LogP contribution in [0, 0.1) is 0 Å². The van der Waals surface area contributed by atoms with Crippen LogP contribution in [0.15, 0.2) is 24.3 Å². The lowest BCUT2D eigenvalue weighted by Gasteiger charge is -2.19.